The van der Waals surface area contributed by atoms with E-state index in [2.05, 4.69) is 4.98 Å². The van der Waals surface area contributed by atoms with Gasteiger partial charge in [0.1, 0.15) is 5.52 Å². The topological polar surface area (TPSA) is 49.5 Å². The Balaban J connectivity index is 2.30. The largest absolute Gasteiger partial charge is 0.423 e. The van der Waals surface area contributed by atoms with Crippen LogP contribution >= 0.6 is 0 Å². The van der Waals surface area contributed by atoms with Crippen LogP contribution in [-0.4, -0.2) is 28.8 Å². The molecule has 0 fully saturated rings. The lowest BCUT2D eigenvalue weighted by Crippen LogP contribution is -2.38. The summed E-state index contributed by atoms with van der Waals surface area (Å²) in [5.74, 6) is 0. The molecule has 2 rings (SSSR count). The Kier molecular flexibility index (Phi) is 3.07. The summed E-state index contributed by atoms with van der Waals surface area (Å²) in [5, 5.41) is 9.84. The fraction of sp³-hybridized carbons (Fsp3) is 0.462. The van der Waals surface area contributed by atoms with E-state index in [1.54, 1.807) is 13.8 Å². The van der Waals surface area contributed by atoms with Crippen LogP contribution in [0.5, 0.6) is 0 Å². The molecule has 0 saturated heterocycles. The van der Waals surface area contributed by atoms with Crippen LogP contribution in [0.2, 0.25) is 0 Å². The van der Waals surface area contributed by atoms with Crippen molar-refractivity contribution < 1.29 is 9.52 Å². The molecule has 2 aromatic rings. The van der Waals surface area contributed by atoms with Gasteiger partial charge >= 0.3 is 0 Å². The fourth-order valence-corrected chi connectivity index (χ4v) is 1.78. The maximum absolute atomic E-state index is 9.84. The summed E-state index contributed by atoms with van der Waals surface area (Å²) in [6.07, 6.45) is 0. The van der Waals surface area contributed by atoms with E-state index in [0.29, 0.717) is 12.6 Å². The zero-order valence-corrected chi connectivity index (χ0v) is 10.5. The highest BCUT2D eigenvalue weighted by Crippen LogP contribution is 2.22. The first-order valence-electron chi connectivity index (χ1n) is 5.82. The lowest BCUT2D eigenvalue weighted by atomic mass is 10.1. The van der Waals surface area contributed by atoms with Crippen molar-refractivity contribution in [1.82, 2.24) is 4.98 Å². The van der Waals surface area contributed by atoms with Gasteiger partial charge < -0.3 is 14.4 Å². The molecule has 0 unspecified atom stereocenters. The van der Waals surface area contributed by atoms with Crippen LogP contribution in [0.15, 0.2) is 28.7 Å². The second kappa shape index (κ2) is 4.37. The van der Waals surface area contributed by atoms with E-state index >= 15 is 0 Å². The smallest absolute Gasteiger partial charge is 0.298 e. The molecule has 0 atom stereocenters. The molecule has 1 heterocycles. The molecule has 0 saturated carbocycles. The average molecular weight is 234 g/mol. The normalized spacial score (nSPS) is 12.0. The summed E-state index contributed by atoms with van der Waals surface area (Å²) in [7, 11) is 0. The molecule has 0 bridgehead atoms. The number of para-hydroxylation sites is 2. The van der Waals surface area contributed by atoms with Gasteiger partial charge in [0.25, 0.3) is 6.01 Å². The summed E-state index contributed by atoms with van der Waals surface area (Å²) in [6, 6.07) is 8.23. The molecule has 1 N–H and O–H groups in total. The van der Waals surface area contributed by atoms with Gasteiger partial charge in [-0.05, 0) is 32.9 Å². The minimum Gasteiger partial charge on any atom is -0.423 e. The highest BCUT2D eigenvalue weighted by molar-refractivity contribution is 5.74. The summed E-state index contributed by atoms with van der Waals surface area (Å²) in [6.45, 7) is 6.81. The zero-order valence-electron chi connectivity index (χ0n) is 10.5. The Morgan fingerprint density at radius 2 is 2.06 bits per heavy atom. The van der Waals surface area contributed by atoms with Crippen molar-refractivity contribution in [1.29, 1.82) is 0 Å². The van der Waals surface area contributed by atoms with Crippen molar-refractivity contribution in [2.45, 2.75) is 26.4 Å². The lowest BCUT2D eigenvalue weighted by molar-refractivity contribution is 0.0864. The molecule has 0 aliphatic heterocycles. The summed E-state index contributed by atoms with van der Waals surface area (Å²) >= 11 is 0. The van der Waals surface area contributed by atoms with Crippen molar-refractivity contribution >= 4 is 17.1 Å². The third-order valence-electron chi connectivity index (χ3n) is 2.51. The molecule has 1 aromatic carbocycles. The van der Waals surface area contributed by atoms with Crippen molar-refractivity contribution in [3.8, 4) is 0 Å². The van der Waals surface area contributed by atoms with Gasteiger partial charge in [0, 0.05) is 6.54 Å². The molecule has 1 aromatic heterocycles. The van der Waals surface area contributed by atoms with E-state index in [-0.39, 0.29) is 0 Å². The number of rotatable bonds is 4. The first kappa shape index (κ1) is 11.9. The molecule has 0 spiro atoms. The second-order valence-electron chi connectivity index (χ2n) is 4.79. The number of benzene rings is 1. The highest BCUT2D eigenvalue weighted by atomic mass is 16.4. The Bertz CT molecular complexity index is 466. The number of likely N-dealkylation sites (N-methyl/N-ethyl adjacent to an activating group) is 1. The molecule has 92 valence electrons. The van der Waals surface area contributed by atoms with Crippen LogP contribution in [0.1, 0.15) is 20.8 Å². The lowest BCUT2D eigenvalue weighted by Gasteiger charge is -2.26. The summed E-state index contributed by atoms with van der Waals surface area (Å²) < 4.78 is 5.67. The number of hydrogen-bond donors (Lipinski definition) is 1. The van der Waals surface area contributed by atoms with E-state index in [9.17, 15) is 5.11 Å². The van der Waals surface area contributed by atoms with Gasteiger partial charge in [0.15, 0.2) is 5.58 Å². The molecule has 4 nitrogen and oxygen atoms in total. The van der Waals surface area contributed by atoms with Crippen LogP contribution in [-0.2, 0) is 0 Å². The molecule has 17 heavy (non-hydrogen) atoms. The SMILES string of the molecule is CCN(CC(C)(C)O)c1nc2ccccc2o1. The Morgan fingerprint density at radius 3 is 2.65 bits per heavy atom. The van der Waals surface area contributed by atoms with E-state index in [1.165, 1.54) is 0 Å². The summed E-state index contributed by atoms with van der Waals surface area (Å²) in [4.78, 5) is 6.35. The number of hydrogen-bond acceptors (Lipinski definition) is 4. The predicted molar refractivity (Wildman–Crippen MR) is 68.2 cm³/mol. The van der Waals surface area contributed by atoms with E-state index < -0.39 is 5.60 Å². The van der Waals surface area contributed by atoms with E-state index in [0.717, 1.165) is 17.6 Å². The Labute approximate surface area is 101 Å². The number of anilines is 1. The van der Waals surface area contributed by atoms with Crippen LogP contribution in [0, 0.1) is 0 Å². The standard InChI is InChI=1S/C13H18N2O2/c1-4-15(9-13(2,3)16)12-14-10-7-5-6-8-11(10)17-12/h5-8,16H,4,9H2,1-3H3. The second-order valence-corrected chi connectivity index (χ2v) is 4.79. The number of nitrogens with zero attached hydrogens (tertiary/aromatic N) is 2. The molecule has 0 radical (unpaired) electrons. The van der Waals surface area contributed by atoms with Crippen LogP contribution in [0.4, 0.5) is 6.01 Å². The third kappa shape index (κ3) is 2.77. The molecule has 4 heteroatoms. The van der Waals surface area contributed by atoms with E-state index in [4.69, 9.17) is 4.42 Å². The van der Waals surface area contributed by atoms with Gasteiger partial charge in [-0.2, -0.15) is 4.98 Å². The number of oxazole rings is 1. The molecule has 0 aliphatic carbocycles. The zero-order chi connectivity index (χ0) is 12.5. The van der Waals surface area contributed by atoms with Gasteiger partial charge in [-0.15, -0.1) is 0 Å². The van der Waals surface area contributed by atoms with Crippen LogP contribution < -0.4 is 4.90 Å². The monoisotopic (exact) mass is 234 g/mol. The Morgan fingerprint density at radius 1 is 1.35 bits per heavy atom. The predicted octanol–water partition coefficient (Wildman–Crippen LogP) is 2.43. The van der Waals surface area contributed by atoms with Gasteiger partial charge in [0.2, 0.25) is 0 Å². The van der Waals surface area contributed by atoms with Crippen molar-refractivity contribution in [2.75, 3.05) is 18.0 Å². The molecular formula is C13H18N2O2. The number of fused-ring (bicyclic) bond motifs is 1. The van der Waals surface area contributed by atoms with Gasteiger partial charge in [0.05, 0.1) is 12.1 Å². The average Bonchev–Trinajstić information content (AvgIpc) is 2.67. The van der Waals surface area contributed by atoms with Crippen molar-refractivity contribution in [3.63, 3.8) is 0 Å². The van der Waals surface area contributed by atoms with Gasteiger partial charge in [-0.1, -0.05) is 12.1 Å². The maximum Gasteiger partial charge on any atom is 0.298 e. The summed E-state index contributed by atoms with van der Waals surface area (Å²) in [5.41, 5.74) is 0.852. The minimum absolute atomic E-state index is 0.496. The number of aromatic nitrogens is 1. The van der Waals surface area contributed by atoms with Gasteiger partial charge in [-0.25, -0.2) is 0 Å². The third-order valence-corrected chi connectivity index (χ3v) is 2.51. The first-order valence-corrected chi connectivity index (χ1v) is 5.82. The molecule has 0 amide bonds. The quantitative estimate of drug-likeness (QED) is 0.882. The van der Waals surface area contributed by atoms with Crippen LogP contribution in [0.25, 0.3) is 11.1 Å². The van der Waals surface area contributed by atoms with E-state index in [1.807, 2.05) is 36.1 Å². The molecular weight excluding hydrogens is 216 g/mol. The molecule has 0 aliphatic rings. The van der Waals surface area contributed by atoms with Crippen LogP contribution in [0.3, 0.4) is 0 Å². The Hall–Kier alpha value is -1.55. The first-order chi connectivity index (χ1) is 7.99. The van der Waals surface area contributed by atoms with Crippen molar-refractivity contribution in [2.24, 2.45) is 0 Å². The fourth-order valence-electron chi connectivity index (χ4n) is 1.78. The minimum atomic E-state index is -0.767. The van der Waals surface area contributed by atoms with Gasteiger partial charge in [-0.3, -0.25) is 0 Å². The maximum atomic E-state index is 9.84. The van der Waals surface area contributed by atoms with Crippen molar-refractivity contribution in [3.05, 3.63) is 24.3 Å². The number of aliphatic hydroxyl groups is 1. The highest BCUT2D eigenvalue weighted by Gasteiger charge is 2.20.